The third-order valence-corrected chi connectivity index (χ3v) is 2.16. The first-order chi connectivity index (χ1) is 5.52. The van der Waals surface area contributed by atoms with Crippen molar-refractivity contribution >= 4 is 12.2 Å². The number of rotatable bonds is 0. The molecule has 0 aromatic carbocycles. The molecule has 0 aliphatic heterocycles. The van der Waals surface area contributed by atoms with Gasteiger partial charge in [0.05, 0.1) is 0 Å². The average Bonchev–Trinajstić information content (AvgIpc) is 1.98. The largest absolute Gasteiger partial charge is 0.372 e. The van der Waals surface area contributed by atoms with Crippen molar-refractivity contribution in [1.82, 2.24) is 0 Å². The lowest BCUT2D eigenvalue weighted by Gasteiger charge is -2.27. The molecular formula is C9H17NO2. The summed E-state index contributed by atoms with van der Waals surface area (Å²) in [5, 5.41) is 0. The Balaban J connectivity index is 0.000000354. The molecule has 3 nitrogen and oxygen atoms in total. The van der Waals surface area contributed by atoms with E-state index in [1.807, 2.05) is 0 Å². The Morgan fingerprint density at radius 2 is 1.67 bits per heavy atom. The third kappa shape index (κ3) is 4.88. The van der Waals surface area contributed by atoms with E-state index in [1.165, 1.54) is 0 Å². The van der Waals surface area contributed by atoms with E-state index < -0.39 is 0 Å². The molecule has 3 heteroatoms. The molecular weight excluding hydrogens is 154 g/mol. The summed E-state index contributed by atoms with van der Waals surface area (Å²) in [7, 11) is 0. The second-order valence-corrected chi connectivity index (χ2v) is 3.84. The fraction of sp³-hybridized carbons (Fsp3) is 0.778. The standard InChI is InChI=1S/C8H14O.CH3NO/c1-8(2)5-3-7(9)4-6-8;2-1-3/h3-6H2,1-2H3;1H,(H2,2,3). The van der Waals surface area contributed by atoms with Crippen LogP contribution >= 0.6 is 0 Å². The van der Waals surface area contributed by atoms with E-state index in [1.54, 1.807) is 0 Å². The summed E-state index contributed by atoms with van der Waals surface area (Å²) in [4.78, 5) is 19.3. The summed E-state index contributed by atoms with van der Waals surface area (Å²) >= 11 is 0. The van der Waals surface area contributed by atoms with Gasteiger partial charge in [-0.05, 0) is 18.3 Å². The molecule has 1 saturated carbocycles. The van der Waals surface area contributed by atoms with Crippen molar-refractivity contribution in [2.24, 2.45) is 11.1 Å². The lowest BCUT2D eigenvalue weighted by Crippen LogP contribution is -2.20. The SMILES string of the molecule is CC1(C)CCC(=O)CC1.NC=O. The number of Topliss-reactive ketones (excluding diaryl/α,β-unsaturated/α-hetero) is 1. The second kappa shape index (κ2) is 4.91. The van der Waals surface area contributed by atoms with Crippen LogP contribution in [0.1, 0.15) is 39.5 Å². The Bertz CT molecular complexity index is 152. The summed E-state index contributed by atoms with van der Waals surface area (Å²) in [5.41, 5.74) is 4.61. The number of carbonyl (C=O) groups excluding carboxylic acids is 2. The Morgan fingerprint density at radius 1 is 1.33 bits per heavy atom. The van der Waals surface area contributed by atoms with E-state index in [9.17, 15) is 4.79 Å². The number of hydrogen-bond acceptors (Lipinski definition) is 2. The van der Waals surface area contributed by atoms with Gasteiger partial charge in [-0.2, -0.15) is 0 Å². The van der Waals surface area contributed by atoms with Crippen LogP contribution in [0.5, 0.6) is 0 Å². The number of primary amides is 1. The Morgan fingerprint density at radius 3 is 1.92 bits per heavy atom. The van der Waals surface area contributed by atoms with E-state index in [0.717, 1.165) is 25.7 Å². The number of carbonyl (C=O) groups is 2. The van der Waals surface area contributed by atoms with Gasteiger partial charge in [0.1, 0.15) is 5.78 Å². The molecule has 0 atom stereocenters. The highest BCUT2D eigenvalue weighted by atomic mass is 16.1. The number of hydrogen-bond donors (Lipinski definition) is 1. The van der Waals surface area contributed by atoms with Crippen molar-refractivity contribution in [2.45, 2.75) is 39.5 Å². The van der Waals surface area contributed by atoms with E-state index >= 15 is 0 Å². The first-order valence-electron chi connectivity index (χ1n) is 4.19. The molecule has 1 fully saturated rings. The predicted molar refractivity (Wildman–Crippen MR) is 47.5 cm³/mol. The number of amides is 1. The molecule has 0 aromatic heterocycles. The lowest BCUT2D eigenvalue weighted by molar-refractivity contribution is -0.122. The molecule has 1 aliphatic rings. The van der Waals surface area contributed by atoms with Crippen LogP contribution < -0.4 is 5.73 Å². The van der Waals surface area contributed by atoms with Gasteiger partial charge in [0.25, 0.3) is 0 Å². The molecule has 0 saturated heterocycles. The van der Waals surface area contributed by atoms with Crippen molar-refractivity contribution < 1.29 is 9.59 Å². The summed E-state index contributed by atoms with van der Waals surface area (Å²) in [6.07, 6.45) is 4.05. The third-order valence-electron chi connectivity index (χ3n) is 2.16. The van der Waals surface area contributed by atoms with E-state index in [-0.39, 0.29) is 6.41 Å². The molecule has 1 rings (SSSR count). The zero-order valence-electron chi connectivity index (χ0n) is 7.80. The molecule has 0 unspecified atom stereocenters. The predicted octanol–water partition coefficient (Wildman–Crippen LogP) is 1.26. The van der Waals surface area contributed by atoms with Crippen molar-refractivity contribution in [3.8, 4) is 0 Å². The topological polar surface area (TPSA) is 60.2 Å². The molecule has 0 radical (unpaired) electrons. The normalized spacial score (nSPS) is 20.7. The molecule has 0 heterocycles. The van der Waals surface area contributed by atoms with Crippen molar-refractivity contribution in [2.75, 3.05) is 0 Å². The van der Waals surface area contributed by atoms with Gasteiger partial charge in [0.15, 0.2) is 0 Å². The van der Waals surface area contributed by atoms with Gasteiger partial charge in [-0.3, -0.25) is 9.59 Å². The van der Waals surface area contributed by atoms with E-state index in [0.29, 0.717) is 11.2 Å². The quantitative estimate of drug-likeness (QED) is 0.558. The van der Waals surface area contributed by atoms with Gasteiger partial charge >= 0.3 is 0 Å². The maximum Gasteiger partial charge on any atom is 0.204 e. The maximum absolute atomic E-state index is 10.8. The van der Waals surface area contributed by atoms with Crippen LogP contribution in [0.4, 0.5) is 0 Å². The molecule has 0 spiro atoms. The zero-order valence-corrected chi connectivity index (χ0v) is 7.80. The van der Waals surface area contributed by atoms with Gasteiger partial charge in [-0.1, -0.05) is 13.8 Å². The highest BCUT2D eigenvalue weighted by Crippen LogP contribution is 2.32. The van der Waals surface area contributed by atoms with Gasteiger partial charge in [0.2, 0.25) is 6.41 Å². The highest BCUT2D eigenvalue weighted by Gasteiger charge is 2.24. The molecule has 0 bridgehead atoms. The average molecular weight is 171 g/mol. The van der Waals surface area contributed by atoms with Crippen LogP contribution in [0.15, 0.2) is 0 Å². The van der Waals surface area contributed by atoms with Crippen LogP contribution in [0.3, 0.4) is 0 Å². The summed E-state index contributed by atoms with van der Waals surface area (Å²) in [5.74, 6) is 0.453. The van der Waals surface area contributed by atoms with Gasteiger partial charge in [0, 0.05) is 12.8 Å². The van der Waals surface area contributed by atoms with Gasteiger partial charge < -0.3 is 5.73 Å². The first-order valence-corrected chi connectivity index (χ1v) is 4.19. The molecule has 1 amide bonds. The molecule has 0 aromatic rings. The maximum atomic E-state index is 10.8. The molecule has 70 valence electrons. The minimum absolute atomic E-state index is 0.250. The Hall–Kier alpha value is -0.860. The van der Waals surface area contributed by atoms with E-state index in [2.05, 4.69) is 19.6 Å². The van der Waals surface area contributed by atoms with Crippen molar-refractivity contribution in [1.29, 1.82) is 0 Å². The first kappa shape index (κ1) is 11.1. The summed E-state index contributed by atoms with van der Waals surface area (Å²) < 4.78 is 0. The van der Waals surface area contributed by atoms with Gasteiger partial charge in [-0.25, -0.2) is 0 Å². The van der Waals surface area contributed by atoms with Gasteiger partial charge in [-0.15, -0.1) is 0 Å². The molecule has 2 N–H and O–H groups in total. The van der Waals surface area contributed by atoms with Crippen molar-refractivity contribution in [3.63, 3.8) is 0 Å². The fourth-order valence-electron chi connectivity index (χ4n) is 1.21. The van der Waals surface area contributed by atoms with Crippen LogP contribution in [0, 0.1) is 5.41 Å². The Labute approximate surface area is 73.3 Å². The lowest BCUT2D eigenvalue weighted by atomic mass is 9.77. The van der Waals surface area contributed by atoms with Crippen LogP contribution in [-0.2, 0) is 9.59 Å². The monoisotopic (exact) mass is 171 g/mol. The molecule has 1 aliphatic carbocycles. The van der Waals surface area contributed by atoms with Crippen LogP contribution in [0.2, 0.25) is 0 Å². The fourth-order valence-corrected chi connectivity index (χ4v) is 1.21. The highest BCUT2D eigenvalue weighted by molar-refractivity contribution is 5.79. The van der Waals surface area contributed by atoms with Crippen molar-refractivity contribution in [3.05, 3.63) is 0 Å². The summed E-state index contributed by atoms with van der Waals surface area (Å²) in [6.45, 7) is 4.47. The Kier molecular flexibility index (Phi) is 4.55. The van der Waals surface area contributed by atoms with Crippen LogP contribution in [-0.4, -0.2) is 12.2 Å². The zero-order chi connectivity index (χ0) is 9.61. The smallest absolute Gasteiger partial charge is 0.204 e. The molecule has 12 heavy (non-hydrogen) atoms. The minimum Gasteiger partial charge on any atom is -0.372 e. The minimum atomic E-state index is 0.250. The number of ketones is 1. The summed E-state index contributed by atoms with van der Waals surface area (Å²) in [6, 6.07) is 0. The van der Waals surface area contributed by atoms with Crippen LogP contribution in [0.25, 0.3) is 0 Å². The number of nitrogens with two attached hydrogens (primary N) is 1. The second-order valence-electron chi connectivity index (χ2n) is 3.84. The van der Waals surface area contributed by atoms with E-state index in [4.69, 9.17) is 4.79 Å².